The van der Waals surface area contributed by atoms with Gasteiger partial charge < -0.3 is 20.9 Å². The quantitative estimate of drug-likeness (QED) is 0.312. The SMILES string of the molecule is Nc1c(F)cc(F)c(Oc2cc(F)c(C(F)(F)F)c(Oc3c(F)cc(F)c(N)c3F)c2F)c1F. The van der Waals surface area contributed by atoms with E-state index in [-0.39, 0.29) is 18.2 Å². The van der Waals surface area contributed by atoms with Gasteiger partial charge in [0.25, 0.3) is 0 Å². The molecule has 0 amide bonds. The van der Waals surface area contributed by atoms with E-state index < -0.39 is 92.7 Å². The summed E-state index contributed by atoms with van der Waals surface area (Å²) >= 11 is 0. The molecule has 0 aliphatic rings. The summed E-state index contributed by atoms with van der Waals surface area (Å²) in [6, 6.07) is -0.480. The Labute approximate surface area is 181 Å². The van der Waals surface area contributed by atoms with Gasteiger partial charge in [-0.25, -0.2) is 30.7 Å². The maximum atomic E-state index is 14.9. The highest BCUT2D eigenvalue weighted by molar-refractivity contribution is 5.54. The standard InChI is InChI=1S/C19H7F11N2O2/c20-4-3-9(33-16-7(23)1-5(21)14(31)12(16)26)11(25)18(10(4)19(28,29)30)34-17-8(24)2-6(22)15(32)13(17)27/h1-3H,31-32H2. The number of anilines is 2. The average molecular weight is 504 g/mol. The van der Waals surface area contributed by atoms with E-state index in [0.29, 0.717) is 0 Å². The molecular weight excluding hydrogens is 497 g/mol. The summed E-state index contributed by atoms with van der Waals surface area (Å²) in [7, 11) is 0. The molecule has 0 atom stereocenters. The van der Waals surface area contributed by atoms with Gasteiger partial charge in [0.1, 0.15) is 22.8 Å². The summed E-state index contributed by atoms with van der Waals surface area (Å²) in [6.45, 7) is 0. The second kappa shape index (κ2) is 8.46. The van der Waals surface area contributed by atoms with Gasteiger partial charge in [-0.1, -0.05) is 0 Å². The highest BCUT2D eigenvalue weighted by atomic mass is 19.4. The van der Waals surface area contributed by atoms with Crippen molar-refractivity contribution in [1.29, 1.82) is 0 Å². The van der Waals surface area contributed by atoms with E-state index in [1.807, 2.05) is 0 Å². The van der Waals surface area contributed by atoms with Gasteiger partial charge in [0.2, 0.25) is 17.3 Å². The molecule has 0 bridgehead atoms. The molecule has 0 aromatic heterocycles. The van der Waals surface area contributed by atoms with E-state index in [2.05, 4.69) is 9.47 Å². The largest absolute Gasteiger partial charge is 0.448 e. The molecule has 0 heterocycles. The summed E-state index contributed by atoms with van der Waals surface area (Å²) in [4.78, 5) is 0. The molecule has 4 N–H and O–H groups in total. The molecule has 0 aliphatic carbocycles. The molecule has 34 heavy (non-hydrogen) atoms. The van der Waals surface area contributed by atoms with Crippen molar-refractivity contribution in [2.45, 2.75) is 6.18 Å². The van der Waals surface area contributed by atoms with Crippen LogP contribution in [0.15, 0.2) is 18.2 Å². The van der Waals surface area contributed by atoms with Crippen LogP contribution in [0.1, 0.15) is 5.56 Å². The Morgan fingerprint density at radius 3 is 1.41 bits per heavy atom. The van der Waals surface area contributed by atoms with Gasteiger partial charge in [0.05, 0.1) is 0 Å². The van der Waals surface area contributed by atoms with E-state index in [0.717, 1.165) is 0 Å². The fourth-order valence-corrected chi connectivity index (χ4v) is 2.59. The maximum absolute atomic E-state index is 14.9. The van der Waals surface area contributed by atoms with Gasteiger partial charge >= 0.3 is 6.18 Å². The van der Waals surface area contributed by atoms with E-state index >= 15 is 0 Å². The Morgan fingerprint density at radius 1 is 0.529 bits per heavy atom. The number of hydrogen-bond acceptors (Lipinski definition) is 4. The van der Waals surface area contributed by atoms with Crippen molar-refractivity contribution in [3.05, 3.63) is 70.3 Å². The fraction of sp³-hybridized carbons (Fsp3) is 0.0526. The highest BCUT2D eigenvalue weighted by Gasteiger charge is 2.42. The summed E-state index contributed by atoms with van der Waals surface area (Å²) in [5.41, 5.74) is 4.60. The molecule has 0 spiro atoms. The Morgan fingerprint density at radius 2 is 0.971 bits per heavy atom. The maximum Gasteiger partial charge on any atom is 0.422 e. The van der Waals surface area contributed by atoms with Crippen LogP contribution < -0.4 is 20.9 Å². The third-order valence-corrected chi connectivity index (χ3v) is 4.17. The molecule has 0 saturated heterocycles. The van der Waals surface area contributed by atoms with Crippen molar-refractivity contribution in [2.75, 3.05) is 11.5 Å². The molecule has 0 aliphatic heterocycles. The van der Waals surface area contributed by atoms with Crippen molar-refractivity contribution < 1.29 is 57.8 Å². The summed E-state index contributed by atoms with van der Waals surface area (Å²) in [5.74, 6) is -23.5. The highest BCUT2D eigenvalue weighted by Crippen LogP contribution is 2.47. The van der Waals surface area contributed by atoms with Gasteiger partial charge in [0, 0.05) is 18.2 Å². The first kappa shape index (κ1) is 24.7. The second-order valence-corrected chi connectivity index (χ2v) is 6.37. The minimum Gasteiger partial charge on any atom is -0.448 e. The van der Waals surface area contributed by atoms with Crippen molar-refractivity contribution in [3.8, 4) is 23.0 Å². The van der Waals surface area contributed by atoms with Gasteiger partial charge in [-0.05, 0) is 0 Å². The number of halogens is 11. The molecule has 3 rings (SSSR count). The molecule has 0 unspecified atom stereocenters. The Bertz CT molecular complexity index is 1310. The lowest BCUT2D eigenvalue weighted by Crippen LogP contribution is -2.13. The van der Waals surface area contributed by atoms with Crippen LogP contribution in [-0.2, 0) is 6.18 Å². The molecular formula is C19H7F11N2O2. The molecule has 3 aromatic carbocycles. The Kier molecular flexibility index (Phi) is 6.15. The first-order chi connectivity index (χ1) is 15.6. The van der Waals surface area contributed by atoms with E-state index in [1.54, 1.807) is 0 Å². The fourth-order valence-electron chi connectivity index (χ4n) is 2.59. The van der Waals surface area contributed by atoms with Crippen LogP contribution in [0.4, 0.5) is 59.7 Å². The summed E-state index contributed by atoms with van der Waals surface area (Å²) in [5, 5.41) is 0. The number of nitrogen functional groups attached to an aromatic ring is 2. The van der Waals surface area contributed by atoms with Gasteiger partial charge in [-0.3, -0.25) is 0 Å². The molecule has 3 aromatic rings. The van der Waals surface area contributed by atoms with Crippen molar-refractivity contribution in [3.63, 3.8) is 0 Å². The topological polar surface area (TPSA) is 70.5 Å². The van der Waals surface area contributed by atoms with E-state index in [4.69, 9.17) is 11.5 Å². The van der Waals surface area contributed by atoms with Gasteiger partial charge in [0.15, 0.2) is 46.4 Å². The first-order valence-corrected chi connectivity index (χ1v) is 8.45. The Hall–Kier alpha value is -3.91. The minimum atomic E-state index is -5.76. The number of rotatable bonds is 4. The van der Waals surface area contributed by atoms with Crippen LogP contribution >= 0.6 is 0 Å². The monoisotopic (exact) mass is 504 g/mol. The normalized spacial score (nSPS) is 11.6. The third-order valence-electron chi connectivity index (χ3n) is 4.17. The van der Waals surface area contributed by atoms with Crippen LogP contribution in [0.2, 0.25) is 0 Å². The van der Waals surface area contributed by atoms with Crippen molar-refractivity contribution in [2.24, 2.45) is 0 Å². The van der Waals surface area contributed by atoms with E-state index in [9.17, 15) is 48.3 Å². The zero-order chi connectivity index (χ0) is 25.7. The first-order valence-electron chi connectivity index (χ1n) is 8.45. The van der Waals surface area contributed by atoms with Crippen LogP contribution in [0.25, 0.3) is 0 Å². The Balaban J connectivity index is 2.25. The predicted molar refractivity (Wildman–Crippen MR) is 93.0 cm³/mol. The van der Waals surface area contributed by atoms with Crippen LogP contribution in [0.5, 0.6) is 23.0 Å². The van der Waals surface area contributed by atoms with Crippen LogP contribution in [-0.4, -0.2) is 0 Å². The zero-order valence-corrected chi connectivity index (χ0v) is 15.9. The van der Waals surface area contributed by atoms with Crippen molar-refractivity contribution >= 4 is 11.4 Å². The van der Waals surface area contributed by atoms with Gasteiger partial charge in [-0.15, -0.1) is 0 Å². The molecule has 0 saturated carbocycles. The molecule has 182 valence electrons. The average Bonchev–Trinajstić information content (AvgIpc) is 2.72. The summed E-state index contributed by atoms with van der Waals surface area (Å²) < 4.78 is 160. The third kappa shape index (κ3) is 4.20. The van der Waals surface area contributed by atoms with Crippen molar-refractivity contribution in [1.82, 2.24) is 0 Å². The van der Waals surface area contributed by atoms with Crippen LogP contribution in [0.3, 0.4) is 0 Å². The number of hydrogen-bond donors (Lipinski definition) is 2. The number of ether oxygens (including phenoxy) is 2. The lowest BCUT2D eigenvalue weighted by Gasteiger charge is -2.19. The number of benzene rings is 3. The number of alkyl halides is 3. The van der Waals surface area contributed by atoms with E-state index in [1.165, 1.54) is 0 Å². The molecule has 0 fully saturated rings. The van der Waals surface area contributed by atoms with Gasteiger partial charge in [-0.2, -0.15) is 17.6 Å². The second-order valence-electron chi connectivity index (χ2n) is 6.37. The summed E-state index contributed by atoms with van der Waals surface area (Å²) in [6.07, 6.45) is -5.76. The predicted octanol–water partition coefficient (Wildman–Crippen LogP) is 6.57. The van der Waals surface area contributed by atoms with Crippen LogP contribution in [0, 0.1) is 46.5 Å². The number of nitrogens with two attached hydrogens (primary N) is 2. The molecule has 15 heteroatoms. The smallest absolute Gasteiger partial charge is 0.422 e. The lowest BCUT2D eigenvalue weighted by atomic mass is 10.1. The lowest BCUT2D eigenvalue weighted by molar-refractivity contribution is -0.141. The molecule has 4 nitrogen and oxygen atoms in total. The zero-order valence-electron chi connectivity index (χ0n) is 15.9. The minimum absolute atomic E-state index is 0.0322. The molecule has 0 radical (unpaired) electrons.